The molecule has 2 rings (SSSR count). The number of rotatable bonds is 6. The van der Waals surface area contributed by atoms with Crippen LogP contribution in [0.15, 0.2) is 54.6 Å². The van der Waals surface area contributed by atoms with Gasteiger partial charge in [0.05, 0.1) is 12.7 Å². The molecule has 0 aliphatic heterocycles. The summed E-state index contributed by atoms with van der Waals surface area (Å²) in [6.45, 7) is 8.74. The van der Waals surface area contributed by atoms with Crippen molar-refractivity contribution in [3.8, 4) is 16.9 Å². The van der Waals surface area contributed by atoms with E-state index in [2.05, 4.69) is 32.0 Å². The first-order valence-corrected chi connectivity index (χ1v) is 7.43. The molecule has 0 atom stereocenters. The van der Waals surface area contributed by atoms with Gasteiger partial charge >= 0.3 is 0 Å². The quantitative estimate of drug-likeness (QED) is 0.748. The van der Waals surface area contributed by atoms with Crippen LogP contribution in [0.2, 0.25) is 0 Å². The molecule has 2 aromatic rings. The Labute approximate surface area is 127 Å². The van der Waals surface area contributed by atoms with Crippen LogP contribution in [-0.2, 0) is 4.74 Å². The van der Waals surface area contributed by atoms with Gasteiger partial charge in [0.1, 0.15) is 11.4 Å². The molecule has 0 aliphatic rings. The second-order valence-electron chi connectivity index (χ2n) is 6.08. The molecule has 0 heterocycles. The standard InChI is InChI=1S/C19H24O2/c1-15(2)20-14-19(3,4)21-18-13-9-8-12-17(18)16-10-6-5-7-11-16/h5-13,15H,14H2,1-4H3. The maximum atomic E-state index is 6.21. The monoisotopic (exact) mass is 284 g/mol. The molecule has 0 aliphatic carbocycles. The van der Waals surface area contributed by atoms with Gasteiger partial charge in [-0.2, -0.15) is 0 Å². The van der Waals surface area contributed by atoms with Gasteiger partial charge in [0.2, 0.25) is 0 Å². The van der Waals surface area contributed by atoms with Crippen molar-refractivity contribution in [2.45, 2.75) is 39.4 Å². The van der Waals surface area contributed by atoms with E-state index < -0.39 is 0 Å². The fourth-order valence-electron chi connectivity index (χ4n) is 2.11. The molecular formula is C19H24O2. The third-order valence-corrected chi connectivity index (χ3v) is 3.12. The number of para-hydroxylation sites is 1. The van der Waals surface area contributed by atoms with E-state index in [9.17, 15) is 0 Å². The topological polar surface area (TPSA) is 18.5 Å². The highest BCUT2D eigenvalue weighted by atomic mass is 16.5. The first kappa shape index (κ1) is 15.6. The maximum Gasteiger partial charge on any atom is 0.128 e. The summed E-state index contributed by atoms with van der Waals surface area (Å²) in [4.78, 5) is 0. The molecular weight excluding hydrogens is 260 g/mol. The number of hydrogen-bond acceptors (Lipinski definition) is 2. The lowest BCUT2D eigenvalue weighted by atomic mass is 10.0. The summed E-state index contributed by atoms with van der Waals surface area (Å²) in [7, 11) is 0. The van der Waals surface area contributed by atoms with Crippen molar-refractivity contribution in [1.82, 2.24) is 0 Å². The fourth-order valence-corrected chi connectivity index (χ4v) is 2.11. The molecule has 0 N–H and O–H groups in total. The van der Waals surface area contributed by atoms with Crippen LogP contribution in [0, 0.1) is 0 Å². The second kappa shape index (κ2) is 6.77. The van der Waals surface area contributed by atoms with Crippen molar-refractivity contribution < 1.29 is 9.47 Å². The minimum atomic E-state index is -0.366. The van der Waals surface area contributed by atoms with E-state index >= 15 is 0 Å². The third-order valence-electron chi connectivity index (χ3n) is 3.12. The predicted molar refractivity (Wildman–Crippen MR) is 87.7 cm³/mol. The van der Waals surface area contributed by atoms with Crippen LogP contribution < -0.4 is 4.74 Å². The lowest BCUT2D eigenvalue weighted by Crippen LogP contribution is -2.35. The molecule has 2 aromatic carbocycles. The van der Waals surface area contributed by atoms with E-state index in [1.807, 2.05) is 50.2 Å². The minimum Gasteiger partial charge on any atom is -0.485 e. The van der Waals surface area contributed by atoms with Crippen LogP contribution >= 0.6 is 0 Å². The molecule has 0 radical (unpaired) electrons. The van der Waals surface area contributed by atoms with Crippen molar-refractivity contribution in [1.29, 1.82) is 0 Å². The number of hydrogen-bond donors (Lipinski definition) is 0. The SMILES string of the molecule is CC(C)OCC(C)(C)Oc1ccccc1-c1ccccc1. The normalized spacial score (nSPS) is 11.7. The number of benzene rings is 2. The Morgan fingerprint density at radius 3 is 2.19 bits per heavy atom. The van der Waals surface area contributed by atoms with Crippen LogP contribution in [-0.4, -0.2) is 18.3 Å². The first-order valence-electron chi connectivity index (χ1n) is 7.43. The largest absolute Gasteiger partial charge is 0.485 e. The first-order chi connectivity index (χ1) is 9.98. The lowest BCUT2D eigenvalue weighted by Gasteiger charge is -2.28. The van der Waals surface area contributed by atoms with Gasteiger partial charge in [-0.15, -0.1) is 0 Å². The summed E-state index contributed by atoms with van der Waals surface area (Å²) in [6, 6.07) is 18.4. The van der Waals surface area contributed by atoms with Crippen molar-refractivity contribution in [3.05, 3.63) is 54.6 Å². The molecule has 112 valence electrons. The van der Waals surface area contributed by atoms with Crippen molar-refractivity contribution in [2.75, 3.05) is 6.61 Å². The van der Waals surface area contributed by atoms with E-state index in [0.717, 1.165) is 16.9 Å². The summed E-state index contributed by atoms with van der Waals surface area (Å²) < 4.78 is 11.9. The van der Waals surface area contributed by atoms with Crippen molar-refractivity contribution >= 4 is 0 Å². The maximum absolute atomic E-state index is 6.21. The highest BCUT2D eigenvalue weighted by molar-refractivity contribution is 5.70. The molecule has 0 saturated carbocycles. The third kappa shape index (κ3) is 4.61. The lowest BCUT2D eigenvalue weighted by molar-refractivity contribution is -0.0274. The van der Waals surface area contributed by atoms with E-state index in [1.54, 1.807) is 0 Å². The van der Waals surface area contributed by atoms with E-state index in [0.29, 0.717) is 6.61 Å². The van der Waals surface area contributed by atoms with Gasteiger partial charge in [-0.25, -0.2) is 0 Å². The van der Waals surface area contributed by atoms with Gasteiger partial charge in [0.25, 0.3) is 0 Å². The summed E-state index contributed by atoms with van der Waals surface area (Å²) in [5.41, 5.74) is 1.90. The van der Waals surface area contributed by atoms with Crippen LogP contribution in [0.1, 0.15) is 27.7 Å². The highest BCUT2D eigenvalue weighted by Crippen LogP contribution is 2.32. The Bertz CT molecular complexity index is 559. The zero-order valence-electron chi connectivity index (χ0n) is 13.3. The van der Waals surface area contributed by atoms with Crippen LogP contribution in [0.4, 0.5) is 0 Å². The molecule has 21 heavy (non-hydrogen) atoms. The molecule has 2 nitrogen and oxygen atoms in total. The van der Waals surface area contributed by atoms with Gasteiger partial charge < -0.3 is 9.47 Å². The van der Waals surface area contributed by atoms with Crippen LogP contribution in [0.3, 0.4) is 0 Å². The molecule has 0 spiro atoms. The minimum absolute atomic E-state index is 0.206. The Kier molecular flexibility index (Phi) is 5.03. The van der Waals surface area contributed by atoms with E-state index in [4.69, 9.17) is 9.47 Å². The van der Waals surface area contributed by atoms with Gasteiger partial charge in [-0.3, -0.25) is 0 Å². The number of ether oxygens (including phenoxy) is 2. The van der Waals surface area contributed by atoms with Gasteiger partial charge in [0.15, 0.2) is 0 Å². The predicted octanol–water partition coefficient (Wildman–Crippen LogP) is 4.94. The van der Waals surface area contributed by atoms with Crippen LogP contribution in [0.5, 0.6) is 5.75 Å². The average Bonchev–Trinajstić information content (AvgIpc) is 2.46. The molecule has 0 unspecified atom stereocenters. The van der Waals surface area contributed by atoms with Crippen LogP contribution in [0.25, 0.3) is 11.1 Å². The zero-order valence-corrected chi connectivity index (χ0v) is 13.3. The molecule has 0 bridgehead atoms. The van der Waals surface area contributed by atoms with Gasteiger partial charge in [-0.1, -0.05) is 48.5 Å². The Morgan fingerprint density at radius 2 is 1.52 bits per heavy atom. The summed E-state index contributed by atoms with van der Waals surface area (Å²) in [5, 5.41) is 0. The molecule has 0 aromatic heterocycles. The fraction of sp³-hybridized carbons (Fsp3) is 0.368. The van der Waals surface area contributed by atoms with Crippen molar-refractivity contribution in [2.24, 2.45) is 0 Å². The molecule has 0 fully saturated rings. The Hall–Kier alpha value is -1.80. The van der Waals surface area contributed by atoms with Gasteiger partial charge in [-0.05, 0) is 39.3 Å². The van der Waals surface area contributed by atoms with E-state index in [-0.39, 0.29) is 11.7 Å². The average molecular weight is 284 g/mol. The molecule has 2 heteroatoms. The van der Waals surface area contributed by atoms with E-state index in [1.165, 1.54) is 0 Å². The Balaban J connectivity index is 2.21. The smallest absolute Gasteiger partial charge is 0.128 e. The second-order valence-corrected chi connectivity index (χ2v) is 6.08. The highest BCUT2D eigenvalue weighted by Gasteiger charge is 2.22. The molecule has 0 saturated heterocycles. The molecule has 0 amide bonds. The summed E-state index contributed by atoms with van der Waals surface area (Å²) >= 11 is 0. The van der Waals surface area contributed by atoms with Gasteiger partial charge in [0, 0.05) is 5.56 Å². The summed E-state index contributed by atoms with van der Waals surface area (Å²) in [5.74, 6) is 0.890. The Morgan fingerprint density at radius 1 is 0.905 bits per heavy atom. The summed E-state index contributed by atoms with van der Waals surface area (Å²) in [6.07, 6.45) is 0.206. The zero-order chi connectivity index (χ0) is 15.3. The van der Waals surface area contributed by atoms with Crippen molar-refractivity contribution in [3.63, 3.8) is 0 Å².